The fourth-order valence-corrected chi connectivity index (χ4v) is 3.22. The van der Waals surface area contributed by atoms with Crippen LogP contribution in [0.5, 0.6) is 0 Å². The largest absolute Gasteiger partial charge is 0.355 e. The van der Waals surface area contributed by atoms with Crippen molar-refractivity contribution in [3.63, 3.8) is 0 Å². The van der Waals surface area contributed by atoms with E-state index in [1.165, 1.54) is 6.20 Å². The number of aromatic nitrogens is 3. The zero-order valence-electron chi connectivity index (χ0n) is 17.3. The average Bonchev–Trinajstić information content (AvgIpc) is 2.77. The lowest BCUT2D eigenvalue weighted by Crippen LogP contribution is -2.30. The first-order valence-corrected chi connectivity index (χ1v) is 10.6. The van der Waals surface area contributed by atoms with E-state index in [0.717, 1.165) is 21.5 Å². The van der Waals surface area contributed by atoms with Crippen molar-refractivity contribution in [1.29, 1.82) is 0 Å². The van der Waals surface area contributed by atoms with Crippen LogP contribution >= 0.6 is 23.2 Å². The lowest BCUT2D eigenvalue weighted by molar-refractivity contribution is -0.120. The molecule has 8 nitrogen and oxygen atoms in total. The van der Waals surface area contributed by atoms with E-state index in [1.54, 1.807) is 18.3 Å². The number of nitrogens with zero attached hydrogens (tertiary/aromatic N) is 3. The van der Waals surface area contributed by atoms with Gasteiger partial charge in [-0.1, -0.05) is 35.3 Å². The summed E-state index contributed by atoms with van der Waals surface area (Å²) in [6, 6.07) is 10.9. The van der Waals surface area contributed by atoms with Gasteiger partial charge in [0.05, 0.1) is 17.6 Å². The molecule has 1 aromatic carbocycles. The maximum atomic E-state index is 12.4. The van der Waals surface area contributed by atoms with Gasteiger partial charge in [-0.2, -0.15) is 5.10 Å². The molecular formula is C22H21Cl2N5O3. The molecule has 166 valence electrons. The number of anilines is 1. The van der Waals surface area contributed by atoms with Gasteiger partial charge in [0.25, 0.3) is 5.56 Å². The molecule has 0 spiro atoms. The smallest absolute Gasteiger partial charge is 0.287 e. The fourth-order valence-electron chi connectivity index (χ4n) is 2.95. The Balaban J connectivity index is 1.57. The van der Waals surface area contributed by atoms with E-state index in [1.807, 2.05) is 31.2 Å². The minimum Gasteiger partial charge on any atom is -0.355 e. The number of carbonyl (C=O) groups excluding carboxylic acids is 2. The lowest BCUT2D eigenvalue weighted by Gasteiger charge is -2.11. The van der Waals surface area contributed by atoms with Crippen molar-refractivity contribution in [3.05, 3.63) is 86.0 Å². The maximum Gasteiger partial charge on any atom is 0.287 e. The Kier molecular flexibility index (Phi) is 7.97. The first-order chi connectivity index (χ1) is 15.3. The molecule has 0 atom stereocenters. The second-order valence-electron chi connectivity index (χ2n) is 7.06. The summed E-state index contributed by atoms with van der Waals surface area (Å²) in [7, 11) is 0. The van der Waals surface area contributed by atoms with Gasteiger partial charge >= 0.3 is 0 Å². The molecular weight excluding hydrogens is 453 g/mol. The highest BCUT2D eigenvalue weighted by molar-refractivity contribution is 6.41. The second-order valence-corrected chi connectivity index (χ2v) is 7.84. The molecule has 0 aliphatic carbocycles. The van der Waals surface area contributed by atoms with Crippen LogP contribution in [0.2, 0.25) is 10.0 Å². The summed E-state index contributed by atoms with van der Waals surface area (Å²) < 4.78 is 0.924. The van der Waals surface area contributed by atoms with Gasteiger partial charge < -0.3 is 10.6 Å². The first kappa shape index (κ1) is 23.4. The van der Waals surface area contributed by atoms with Crippen molar-refractivity contribution in [2.75, 3.05) is 11.9 Å². The van der Waals surface area contributed by atoms with Crippen LogP contribution in [-0.2, 0) is 29.0 Å². The highest BCUT2D eigenvalue weighted by Crippen LogP contribution is 2.17. The van der Waals surface area contributed by atoms with Gasteiger partial charge in [0.15, 0.2) is 0 Å². The predicted octanol–water partition coefficient (Wildman–Crippen LogP) is 2.79. The summed E-state index contributed by atoms with van der Waals surface area (Å²) in [4.78, 5) is 40.9. The van der Waals surface area contributed by atoms with E-state index in [0.29, 0.717) is 18.7 Å². The van der Waals surface area contributed by atoms with Crippen molar-refractivity contribution in [2.45, 2.75) is 26.3 Å². The van der Waals surface area contributed by atoms with E-state index >= 15 is 0 Å². The maximum absolute atomic E-state index is 12.4. The molecule has 2 amide bonds. The molecule has 3 aromatic rings. The van der Waals surface area contributed by atoms with Crippen LogP contribution in [0.3, 0.4) is 0 Å². The van der Waals surface area contributed by atoms with Crippen molar-refractivity contribution >= 4 is 40.7 Å². The minimum atomic E-state index is -0.652. The highest BCUT2D eigenvalue weighted by atomic mass is 35.5. The van der Waals surface area contributed by atoms with Crippen molar-refractivity contribution in [1.82, 2.24) is 20.1 Å². The summed E-state index contributed by atoms with van der Waals surface area (Å²) in [5, 5.41) is 9.22. The fraction of sp³-hybridized carbons (Fsp3) is 0.227. The Hall–Kier alpha value is -3.23. The molecule has 0 saturated heterocycles. The Labute approximate surface area is 194 Å². The summed E-state index contributed by atoms with van der Waals surface area (Å²) in [6.07, 6.45) is 3.73. The van der Waals surface area contributed by atoms with E-state index in [4.69, 9.17) is 23.2 Å². The zero-order chi connectivity index (χ0) is 23.1. The Morgan fingerprint density at radius 1 is 1.12 bits per heavy atom. The monoisotopic (exact) mass is 473 g/mol. The van der Waals surface area contributed by atoms with Crippen molar-refractivity contribution < 1.29 is 9.59 Å². The third kappa shape index (κ3) is 6.38. The van der Waals surface area contributed by atoms with Crippen LogP contribution in [0.4, 0.5) is 5.69 Å². The molecule has 0 aliphatic heterocycles. The predicted molar refractivity (Wildman–Crippen MR) is 123 cm³/mol. The number of amides is 2. The molecule has 10 heteroatoms. The number of rotatable bonds is 8. The van der Waals surface area contributed by atoms with Gasteiger partial charge in [0.2, 0.25) is 11.8 Å². The van der Waals surface area contributed by atoms with Gasteiger partial charge in [-0.25, -0.2) is 4.68 Å². The van der Waals surface area contributed by atoms with Gasteiger partial charge in [-0.3, -0.25) is 19.4 Å². The standard InChI is InChI=1S/C22H21Cl2N5O3/c1-14-5-6-17(28-20(31)13-29-22(32)21(24)18(23)12-27-29)10-15(14)11-19(30)26-9-7-16-4-2-3-8-25-16/h2-6,8,10,12H,7,9,11,13H2,1H3,(H,26,30)(H,28,31). The molecule has 0 aliphatic rings. The van der Waals surface area contributed by atoms with Crippen LogP contribution in [0.25, 0.3) is 0 Å². The molecule has 0 fully saturated rings. The number of hydrogen-bond donors (Lipinski definition) is 2. The molecule has 2 N–H and O–H groups in total. The molecule has 3 rings (SSSR count). The van der Waals surface area contributed by atoms with Crippen molar-refractivity contribution in [3.8, 4) is 0 Å². The molecule has 0 saturated carbocycles. The number of nitrogens with one attached hydrogen (secondary N) is 2. The number of benzene rings is 1. The van der Waals surface area contributed by atoms with Gasteiger partial charge in [-0.05, 0) is 42.3 Å². The van der Waals surface area contributed by atoms with Gasteiger partial charge in [0, 0.05) is 30.5 Å². The number of pyridine rings is 1. The first-order valence-electron chi connectivity index (χ1n) is 9.80. The lowest BCUT2D eigenvalue weighted by atomic mass is 10.0. The molecule has 2 aromatic heterocycles. The van der Waals surface area contributed by atoms with Crippen LogP contribution in [0.1, 0.15) is 16.8 Å². The number of hydrogen-bond acceptors (Lipinski definition) is 5. The number of aryl methyl sites for hydroxylation is 1. The van der Waals surface area contributed by atoms with E-state index < -0.39 is 11.5 Å². The van der Waals surface area contributed by atoms with Gasteiger partial charge in [-0.15, -0.1) is 0 Å². The summed E-state index contributed by atoms with van der Waals surface area (Å²) in [5.41, 5.74) is 2.46. The molecule has 0 radical (unpaired) electrons. The Bertz CT molecular complexity index is 1180. The number of halogens is 2. The van der Waals surface area contributed by atoms with E-state index in [-0.39, 0.29) is 28.9 Å². The third-order valence-corrected chi connectivity index (χ3v) is 5.40. The number of carbonyl (C=O) groups is 2. The molecule has 2 heterocycles. The van der Waals surface area contributed by atoms with Crippen LogP contribution in [-0.4, -0.2) is 33.1 Å². The topological polar surface area (TPSA) is 106 Å². The van der Waals surface area contributed by atoms with Crippen LogP contribution in [0, 0.1) is 6.92 Å². The SMILES string of the molecule is Cc1ccc(NC(=O)Cn2ncc(Cl)c(Cl)c2=O)cc1CC(=O)NCCc1ccccn1. The van der Waals surface area contributed by atoms with E-state index in [9.17, 15) is 14.4 Å². The van der Waals surface area contributed by atoms with Crippen LogP contribution in [0.15, 0.2) is 53.6 Å². The third-order valence-electron chi connectivity index (χ3n) is 4.65. The Morgan fingerprint density at radius 2 is 1.94 bits per heavy atom. The quantitative estimate of drug-likeness (QED) is 0.523. The summed E-state index contributed by atoms with van der Waals surface area (Å²) in [5.74, 6) is -0.591. The Morgan fingerprint density at radius 3 is 2.69 bits per heavy atom. The molecule has 0 bridgehead atoms. The summed E-state index contributed by atoms with van der Waals surface area (Å²) in [6.45, 7) is 2.05. The van der Waals surface area contributed by atoms with E-state index in [2.05, 4.69) is 20.7 Å². The summed E-state index contributed by atoms with van der Waals surface area (Å²) >= 11 is 11.6. The minimum absolute atomic E-state index is 0.0230. The molecule has 32 heavy (non-hydrogen) atoms. The van der Waals surface area contributed by atoms with Gasteiger partial charge in [0.1, 0.15) is 11.6 Å². The normalized spacial score (nSPS) is 10.6. The van der Waals surface area contributed by atoms with Crippen LogP contribution < -0.4 is 16.2 Å². The average molecular weight is 474 g/mol. The second kappa shape index (κ2) is 10.9. The highest BCUT2D eigenvalue weighted by Gasteiger charge is 2.12. The van der Waals surface area contributed by atoms with Crippen molar-refractivity contribution in [2.24, 2.45) is 0 Å². The zero-order valence-corrected chi connectivity index (χ0v) is 18.8. The molecule has 0 unspecified atom stereocenters.